The third-order valence-corrected chi connectivity index (χ3v) is 11.8. The van der Waals surface area contributed by atoms with Crippen molar-refractivity contribution >= 4 is 35.7 Å². The van der Waals surface area contributed by atoms with Crippen molar-refractivity contribution in [1.29, 1.82) is 0 Å². The van der Waals surface area contributed by atoms with Crippen LogP contribution in [-0.2, 0) is 74.0 Å². The molecule has 16 nitrogen and oxygen atoms in total. The fraction of sp³-hybridized carbons (Fsp3) is 0.400. The maximum atomic E-state index is 14.0. The number of amides is 2. The minimum atomic E-state index is -1.82. The van der Waals surface area contributed by atoms with Gasteiger partial charge in [0.15, 0.2) is 11.1 Å². The molecule has 18 heteroatoms. The smallest absolute Gasteiger partial charge is 0.414 e. The molecule has 0 aromatic heterocycles. The molecule has 68 heavy (non-hydrogen) atoms. The van der Waals surface area contributed by atoms with Gasteiger partial charge in [-0.1, -0.05) is 97.1 Å². The molecule has 6 rings (SSSR count). The quantitative estimate of drug-likeness (QED) is 0.0770. The van der Waals surface area contributed by atoms with Crippen molar-refractivity contribution in [1.82, 2.24) is 19.9 Å². The topological polar surface area (TPSA) is 193 Å². The number of halogens is 2. The van der Waals surface area contributed by atoms with Crippen LogP contribution in [0.1, 0.15) is 61.8 Å². The molecule has 0 spiro atoms. The van der Waals surface area contributed by atoms with E-state index in [1.807, 2.05) is 36.4 Å². The number of carbonyl (C=O) groups excluding carboxylic acids is 4. The van der Waals surface area contributed by atoms with Crippen LogP contribution in [0.25, 0.3) is 0 Å². The molecule has 2 saturated heterocycles. The molecule has 0 saturated carbocycles. The Morgan fingerprint density at radius 2 is 0.838 bits per heavy atom. The van der Waals surface area contributed by atoms with Crippen molar-refractivity contribution in [3.63, 3.8) is 0 Å². The lowest BCUT2D eigenvalue weighted by Crippen LogP contribution is -2.61. The van der Waals surface area contributed by atoms with Crippen molar-refractivity contribution < 1.29 is 66.9 Å². The highest BCUT2D eigenvalue weighted by atomic mass is 19.1. The normalized spacial score (nSPS) is 15.2. The Morgan fingerprint density at radius 1 is 0.529 bits per heavy atom. The first-order chi connectivity index (χ1) is 32.6. The van der Waals surface area contributed by atoms with Crippen LogP contribution in [0.15, 0.2) is 109 Å². The zero-order valence-electron chi connectivity index (χ0n) is 38.8. The monoisotopic (exact) mass is 946 g/mol. The van der Waals surface area contributed by atoms with E-state index >= 15 is 0 Å². The van der Waals surface area contributed by atoms with Gasteiger partial charge in [0.25, 0.3) is 0 Å². The van der Waals surface area contributed by atoms with Crippen LogP contribution in [0.3, 0.4) is 0 Å². The van der Waals surface area contributed by atoms with Gasteiger partial charge in [-0.15, -0.1) is 0 Å². The van der Waals surface area contributed by atoms with Crippen LogP contribution in [0, 0.1) is 11.6 Å². The number of benzene rings is 4. The summed E-state index contributed by atoms with van der Waals surface area (Å²) in [6.07, 6.45) is 3.34. The van der Waals surface area contributed by atoms with Crippen molar-refractivity contribution in [2.75, 3.05) is 53.5 Å². The standard InChI is InChI=1S/2C24H29FN2O4.C2H2O4/c2*1-19(28)27(31-18-21-10-6-7-11-22(21)25)24(23(29)30-2)13-16-26(17-14-24)15-12-20-8-4-3-5-9-20;3-1(4)2(5)6/h2*3-11H,12-18H2,1-2H3;(H,3,4)(H,5,6). The number of carboxylic acid groups (broad SMARTS) is 2. The second-order valence-electron chi connectivity index (χ2n) is 16.2. The number of methoxy groups -OCH3 is 2. The molecular formula is C50H60F2N4O12. The summed E-state index contributed by atoms with van der Waals surface area (Å²) in [6.45, 7) is 6.58. The Morgan fingerprint density at radius 3 is 1.12 bits per heavy atom. The number of aliphatic carboxylic acids is 2. The number of carboxylic acids is 2. The van der Waals surface area contributed by atoms with E-state index in [4.69, 9.17) is 39.0 Å². The summed E-state index contributed by atoms with van der Waals surface area (Å²) in [7, 11) is 2.61. The molecule has 2 fully saturated rings. The molecule has 2 heterocycles. The van der Waals surface area contributed by atoms with E-state index in [1.165, 1.54) is 51.3 Å². The molecule has 0 unspecified atom stereocenters. The Balaban J connectivity index is 0.000000265. The van der Waals surface area contributed by atoms with E-state index < -0.39 is 58.4 Å². The van der Waals surface area contributed by atoms with E-state index in [1.54, 1.807) is 36.4 Å². The second kappa shape index (κ2) is 26.7. The Labute approximate surface area is 394 Å². The predicted molar refractivity (Wildman–Crippen MR) is 244 cm³/mol. The fourth-order valence-corrected chi connectivity index (χ4v) is 8.05. The number of hydroxylamine groups is 4. The molecule has 0 aliphatic carbocycles. The molecular weight excluding hydrogens is 887 g/mol. The zero-order chi connectivity index (χ0) is 49.7. The van der Waals surface area contributed by atoms with Crippen molar-refractivity contribution in [2.45, 2.75) is 76.7 Å². The van der Waals surface area contributed by atoms with Gasteiger partial charge in [-0.05, 0) is 61.8 Å². The van der Waals surface area contributed by atoms with Crippen LogP contribution in [0.2, 0.25) is 0 Å². The summed E-state index contributed by atoms with van der Waals surface area (Å²) >= 11 is 0. The lowest BCUT2D eigenvalue weighted by molar-refractivity contribution is -0.240. The highest BCUT2D eigenvalue weighted by Gasteiger charge is 2.51. The van der Waals surface area contributed by atoms with Gasteiger partial charge in [-0.3, -0.25) is 19.3 Å². The van der Waals surface area contributed by atoms with Gasteiger partial charge in [-0.2, -0.15) is 0 Å². The predicted octanol–water partition coefficient (Wildman–Crippen LogP) is 5.87. The van der Waals surface area contributed by atoms with Crippen molar-refractivity contribution in [2.24, 2.45) is 0 Å². The van der Waals surface area contributed by atoms with Crippen LogP contribution < -0.4 is 0 Å². The molecule has 4 aromatic carbocycles. The van der Waals surface area contributed by atoms with Gasteiger partial charge < -0.3 is 29.5 Å². The SMILES string of the molecule is COC(=O)C1(N(OCc2ccccc2F)C(C)=O)CCN(CCc2ccccc2)CC1.COC(=O)C1(N(OCc2ccccc2F)C(C)=O)CCN(CCc2ccccc2)CC1.O=C(O)C(=O)O. The second-order valence-corrected chi connectivity index (χ2v) is 16.2. The zero-order valence-corrected chi connectivity index (χ0v) is 38.8. The Kier molecular flexibility index (Phi) is 21.2. The Bertz CT molecular complexity index is 2110. The van der Waals surface area contributed by atoms with Gasteiger partial charge in [0.2, 0.25) is 11.8 Å². The maximum Gasteiger partial charge on any atom is 0.414 e. The summed E-state index contributed by atoms with van der Waals surface area (Å²) in [6, 6.07) is 32.8. The molecule has 366 valence electrons. The van der Waals surface area contributed by atoms with Crippen LogP contribution in [0.4, 0.5) is 8.78 Å². The minimum Gasteiger partial charge on any atom is -0.473 e. The number of hydrogen-bond acceptors (Lipinski definition) is 12. The van der Waals surface area contributed by atoms with E-state index in [9.17, 15) is 28.0 Å². The van der Waals surface area contributed by atoms with Crippen LogP contribution in [0.5, 0.6) is 0 Å². The lowest BCUT2D eigenvalue weighted by Gasteiger charge is -2.45. The first kappa shape index (κ1) is 54.0. The number of nitrogens with zero attached hydrogens (tertiary/aromatic N) is 4. The van der Waals surface area contributed by atoms with Crippen molar-refractivity contribution in [3.05, 3.63) is 143 Å². The van der Waals surface area contributed by atoms with Crippen molar-refractivity contribution in [3.8, 4) is 0 Å². The first-order valence-corrected chi connectivity index (χ1v) is 22.1. The Hall–Kier alpha value is -6.60. The van der Waals surface area contributed by atoms with Gasteiger partial charge >= 0.3 is 23.9 Å². The summed E-state index contributed by atoms with van der Waals surface area (Å²) in [5.41, 5.74) is 0.685. The number of rotatable bonds is 16. The highest BCUT2D eigenvalue weighted by molar-refractivity contribution is 6.27. The highest BCUT2D eigenvalue weighted by Crippen LogP contribution is 2.34. The summed E-state index contributed by atoms with van der Waals surface area (Å²) in [4.78, 5) is 84.7. The van der Waals surface area contributed by atoms with Gasteiger partial charge in [-0.25, -0.2) is 38.1 Å². The van der Waals surface area contributed by atoms with Gasteiger partial charge in [0, 0.05) is 64.2 Å². The van der Waals surface area contributed by atoms with E-state index in [-0.39, 0.29) is 13.2 Å². The first-order valence-electron chi connectivity index (χ1n) is 22.1. The van der Waals surface area contributed by atoms with E-state index in [0.29, 0.717) is 63.0 Å². The summed E-state index contributed by atoms with van der Waals surface area (Å²) in [5, 5.41) is 17.0. The minimum absolute atomic E-state index is 0.150. The molecule has 2 amide bonds. The molecule has 2 aliphatic rings. The number of hydrogen-bond donors (Lipinski definition) is 2. The van der Waals surface area contributed by atoms with E-state index in [2.05, 4.69) is 34.1 Å². The third kappa shape index (κ3) is 15.2. The number of piperidine rings is 2. The molecule has 2 N–H and O–H groups in total. The van der Waals surface area contributed by atoms with E-state index in [0.717, 1.165) is 36.1 Å². The lowest BCUT2D eigenvalue weighted by atomic mass is 9.86. The van der Waals surface area contributed by atoms with Gasteiger partial charge in [0.1, 0.15) is 24.8 Å². The molecule has 0 atom stereocenters. The van der Waals surface area contributed by atoms with Crippen LogP contribution >= 0.6 is 0 Å². The molecule has 2 aliphatic heterocycles. The average molecular weight is 947 g/mol. The summed E-state index contributed by atoms with van der Waals surface area (Å²) < 4.78 is 38.1. The molecule has 0 bridgehead atoms. The number of ether oxygens (including phenoxy) is 2. The largest absolute Gasteiger partial charge is 0.473 e. The number of likely N-dealkylation sites (tertiary alicyclic amines) is 2. The fourth-order valence-electron chi connectivity index (χ4n) is 8.05. The number of esters is 2. The number of carbonyl (C=O) groups is 6. The van der Waals surface area contributed by atoms with Gasteiger partial charge in [0.05, 0.1) is 14.2 Å². The third-order valence-electron chi connectivity index (χ3n) is 11.8. The average Bonchev–Trinajstić information content (AvgIpc) is 3.34. The maximum absolute atomic E-state index is 14.0. The van der Waals surface area contributed by atoms with Crippen LogP contribution in [-0.4, -0.2) is 130 Å². The summed E-state index contributed by atoms with van der Waals surface area (Å²) in [5.74, 6) is -6.36. The molecule has 0 radical (unpaired) electrons. The molecule has 4 aromatic rings.